The first-order valence-corrected chi connectivity index (χ1v) is 11.1. The minimum Gasteiger partial charge on any atom is -0.454 e. The number of aromatic nitrogens is 4. The molecule has 1 aliphatic heterocycles. The monoisotopic (exact) mass is 448 g/mol. The van der Waals surface area contributed by atoms with Crippen molar-refractivity contribution in [3.05, 3.63) is 70.9 Å². The number of hydrogen-bond donors (Lipinski definition) is 0. The fraction of sp³-hybridized carbons (Fsp3) is 0.217. The highest BCUT2D eigenvalue weighted by atomic mass is 32.2. The van der Waals surface area contributed by atoms with Crippen LogP contribution in [0.1, 0.15) is 18.4 Å². The van der Waals surface area contributed by atoms with E-state index in [4.69, 9.17) is 14.0 Å². The number of aryl methyl sites for hydroxylation is 1. The van der Waals surface area contributed by atoms with E-state index >= 15 is 0 Å². The lowest BCUT2D eigenvalue weighted by atomic mass is 10.1. The summed E-state index contributed by atoms with van der Waals surface area (Å²) in [6.45, 7) is 6.34. The Morgan fingerprint density at radius 2 is 1.94 bits per heavy atom. The summed E-state index contributed by atoms with van der Waals surface area (Å²) in [5.41, 5.74) is 2.52. The molecular weight excluding hydrogens is 428 g/mol. The van der Waals surface area contributed by atoms with Gasteiger partial charge in [-0.05, 0) is 18.1 Å². The van der Waals surface area contributed by atoms with Crippen molar-refractivity contribution in [1.82, 2.24) is 19.7 Å². The Morgan fingerprint density at radius 1 is 1.16 bits per heavy atom. The van der Waals surface area contributed by atoms with Gasteiger partial charge in [0.1, 0.15) is 0 Å². The summed E-state index contributed by atoms with van der Waals surface area (Å²) in [6, 6.07) is 11.5. The second-order valence-electron chi connectivity index (χ2n) is 7.17. The molecule has 0 saturated heterocycles. The third kappa shape index (κ3) is 3.75. The van der Waals surface area contributed by atoms with Crippen LogP contribution in [0.25, 0.3) is 22.3 Å². The molecule has 0 atom stereocenters. The molecule has 0 unspecified atom stereocenters. The largest absolute Gasteiger partial charge is 0.454 e. The predicted octanol–water partition coefficient (Wildman–Crippen LogP) is 4.22. The van der Waals surface area contributed by atoms with Crippen molar-refractivity contribution in [3.8, 4) is 22.9 Å². The van der Waals surface area contributed by atoms with E-state index in [1.54, 1.807) is 22.8 Å². The van der Waals surface area contributed by atoms with E-state index in [0.29, 0.717) is 51.6 Å². The quantitative estimate of drug-likeness (QED) is 0.236. The Bertz CT molecular complexity index is 1360. The number of benzene rings is 2. The molecule has 2 aromatic heterocycles. The molecular formula is C23H20N4O4S. The second kappa shape index (κ2) is 8.51. The fourth-order valence-corrected chi connectivity index (χ4v) is 4.28. The number of thioether (sulfide) groups is 1. The highest BCUT2D eigenvalue weighted by Crippen LogP contribution is 2.35. The highest BCUT2D eigenvalue weighted by Gasteiger charge is 2.19. The van der Waals surface area contributed by atoms with Crippen LogP contribution in [0.2, 0.25) is 0 Å². The first-order chi connectivity index (χ1) is 15.7. The lowest BCUT2D eigenvalue weighted by Gasteiger charge is -2.11. The zero-order valence-electron chi connectivity index (χ0n) is 17.4. The lowest BCUT2D eigenvalue weighted by molar-refractivity contribution is 0.174. The Kier molecular flexibility index (Phi) is 5.40. The van der Waals surface area contributed by atoms with Crippen molar-refractivity contribution in [2.45, 2.75) is 30.8 Å². The smallest absolute Gasteiger partial charge is 0.262 e. The number of allylic oxidation sites excluding steroid dienone is 1. The van der Waals surface area contributed by atoms with Gasteiger partial charge in [-0.25, -0.2) is 4.98 Å². The van der Waals surface area contributed by atoms with Gasteiger partial charge in [0, 0.05) is 18.2 Å². The lowest BCUT2D eigenvalue weighted by Crippen LogP contribution is -2.22. The van der Waals surface area contributed by atoms with Crippen molar-refractivity contribution in [3.63, 3.8) is 0 Å². The van der Waals surface area contributed by atoms with E-state index in [1.807, 2.05) is 12.1 Å². The Labute approximate surface area is 187 Å². The summed E-state index contributed by atoms with van der Waals surface area (Å²) in [7, 11) is 0. The van der Waals surface area contributed by atoms with Crippen LogP contribution in [0, 0.1) is 0 Å². The summed E-state index contributed by atoms with van der Waals surface area (Å²) in [4.78, 5) is 22.3. The van der Waals surface area contributed by atoms with Crippen molar-refractivity contribution in [2.75, 3.05) is 6.79 Å². The van der Waals surface area contributed by atoms with E-state index in [-0.39, 0.29) is 12.4 Å². The van der Waals surface area contributed by atoms with Crippen molar-refractivity contribution >= 4 is 22.7 Å². The van der Waals surface area contributed by atoms with E-state index in [0.717, 1.165) is 12.0 Å². The molecule has 1 aliphatic rings. The molecule has 0 spiro atoms. The van der Waals surface area contributed by atoms with Crippen LogP contribution in [0.3, 0.4) is 0 Å². The summed E-state index contributed by atoms with van der Waals surface area (Å²) < 4.78 is 17.8. The molecule has 32 heavy (non-hydrogen) atoms. The van der Waals surface area contributed by atoms with Crippen LogP contribution >= 0.6 is 11.8 Å². The number of nitrogens with zero attached hydrogens (tertiary/aromatic N) is 4. The molecule has 0 saturated carbocycles. The van der Waals surface area contributed by atoms with Crippen LogP contribution in [-0.4, -0.2) is 26.5 Å². The van der Waals surface area contributed by atoms with Crippen molar-refractivity contribution < 1.29 is 14.0 Å². The van der Waals surface area contributed by atoms with Gasteiger partial charge in [-0.1, -0.05) is 54.2 Å². The van der Waals surface area contributed by atoms with E-state index < -0.39 is 0 Å². The highest BCUT2D eigenvalue weighted by molar-refractivity contribution is 7.98. The number of rotatable bonds is 7. The molecule has 0 fully saturated rings. The number of hydrogen-bond acceptors (Lipinski definition) is 8. The molecule has 8 nitrogen and oxygen atoms in total. The second-order valence-corrected chi connectivity index (χ2v) is 8.11. The minimum atomic E-state index is -0.169. The molecule has 0 N–H and O–H groups in total. The zero-order chi connectivity index (χ0) is 22.1. The van der Waals surface area contributed by atoms with Gasteiger partial charge in [0.2, 0.25) is 18.5 Å². The molecule has 4 aromatic rings. The van der Waals surface area contributed by atoms with Gasteiger partial charge < -0.3 is 14.0 Å². The SMILES string of the molecule is C=CCn1c(SCc2nc(-c3ccc(CC)cc3)no2)nc2cc3c(cc2c1=O)OCO3. The van der Waals surface area contributed by atoms with Crippen LogP contribution in [0.5, 0.6) is 11.5 Å². The van der Waals surface area contributed by atoms with Gasteiger partial charge in [-0.3, -0.25) is 9.36 Å². The first-order valence-electron chi connectivity index (χ1n) is 10.2. The van der Waals surface area contributed by atoms with Crippen molar-refractivity contribution in [2.24, 2.45) is 0 Å². The van der Waals surface area contributed by atoms with Crippen molar-refractivity contribution in [1.29, 1.82) is 0 Å². The van der Waals surface area contributed by atoms with Gasteiger partial charge in [-0.15, -0.1) is 6.58 Å². The van der Waals surface area contributed by atoms with Gasteiger partial charge in [0.25, 0.3) is 5.56 Å². The average Bonchev–Trinajstić information content (AvgIpc) is 3.48. The fourth-order valence-electron chi connectivity index (χ4n) is 3.44. The topological polar surface area (TPSA) is 92.3 Å². The normalized spacial score (nSPS) is 12.4. The Balaban J connectivity index is 1.43. The molecule has 0 bridgehead atoms. The molecule has 9 heteroatoms. The standard InChI is InChI=1S/C23H20N4O4S/c1-3-9-27-22(28)16-10-18-19(30-13-29-18)11-17(16)24-23(27)32-12-20-25-21(26-31-20)15-7-5-14(4-2)6-8-15/h3,5-8,10-11H,1,4,9,12-13H2,2H3. The third-order valence-corrected chi connectivity index (χ3v) is 6.10. The van der Waals surface area contributed by atoms with Gasteiger partial charge in [0.05, 0.1) is 16.7 Å². The van der Waals surface area contributed by atoms with E-state index in [1.165, 1.54) is 17.3 Å². The molecule has 0 amide bonds. The predicted molar refractivity (Wildman–Crippen MR) is 121 cm³/mol. The maximum atomic E-state index is 13.1. The Morgan fingerprint density at radius 3 is 2.69 bits per heavy atom. The summed E-state index contributed by atoms with van der Waals surface area (Å²) in [6.07, 6.45) is 2.64. The van der Waals surface area contributed by atoms with Gasteiger partial charge in [0.15, 0.2) is 16.7 Å². The maximum absolute atomic E-state index is 13.1. The molecule has 3 heterocycles. The van der Waals surface area contributed by atoms with Crippen LogP contribution in [-0.2, 0) is 18.7 Å². The van der Waals surface area contributed by atoms with Crippen LogP contribution in [0.15, 0.2) is 63.5 Å². The summed E-state index contributed by atoms with van der Waals surface area (Å²) >= 11 is 1.35. The molecule has 0 aliphatic carbocycles. The van der Waals surface area contributed by atoms with Crippen LogP contribution in [0.4, 0.5) is 0 Å². The molecule has 0 radical (unpaired) electrons. The molecule has 5 rings (SSSR count). The van der Waals surface area contributed by atoms with Gasteiger partial charge in [-0.2, -0.15) is 4.98 Å². The number of fused-ring (bicyclic) bond motifs is 2. The van der Waals surface area contributed by atoms with E-state index in [9.17, 15) is 4.79 Å². The minimum absolute atomic E-state index is 0.134. The first kappa shape index (κ1) is 20.3. The molecule has 162 valence electrons. The zero-order valence-corrected chi connectivity index (χ0v) is 18.2. The number of ether oxygens (including phenoxy) is 2. The molecule has 2 aromatic carbocycles. The third-order valence-electron chi connectivity index (χ3n) is 5.14. The van der Waals surface area contributed by atoms with Crippen LogP contribution < -0.4 is 15.0 Å². The maximum Gasteiger partial charge on any atom is 0.262 e. The van der Waals surface area contributed by atoms with E-state index in [2.05, 4.69) is 40.8 Å². The average molecular weight is 449 g/mol. The summed E-state index contributed by atoms with van der Waals surface area (Å²) in [5.74, 6) is 2.49. The summed E-state index contributed by atoms with van der Waals surface area (Å²) in [5, 5.41) is 5.09. The Hall–Kier alpha value is -3.59. The van der Waals surface area contributed by atoms with Gasteiger partial charge >= 0.3 is 0 Å².